The summed E-state index contributed by atoms with van der Waals surface area (Å²) in [7, 11) is 3.42. The van der Waals surface area contributed by atoms with Gasteiger partial charge in [-0.1, -0.05) is 12.1 Å². The molecule has 0 atom stereocenters. The summed E-state index contributed by atoms with van der Waals surface area (Å²) in [4.78, 5) is 4.09. The Kier molecular flexibility index (Phi) is 7.68. The summed E-state index contributed by atoms with van der Waals surface area (Å²) in [5.74, 6) is 0.844. The Balaban J connectivity index is 1.48. The van der Waals surface area contributed by atoms with E-state index in [2.05, 4.69) is 20.5 Å². The lowest BCUT2D eigenvalue weighted by Crippen LogP contribution is -2.49. The molecule has 0 spiro atoms. The number of aromatic nitrogens is 4. The minimum atomic E-state index is -4.53. The van der Waals surface area contributed by atoms with Gasteiger partial charge in [0.05, 0.1) is 50.8 Å². The van der Waals surface area contributed by atoms with Crippen LogP contribution in [0.1, 0.15) is 28.2 Å². The SMILES string of the molecule is COCCOCc1cnc(CNc2cccc(C3(Cc4nncn4C)COC3)c2)c(C(F)(F)F)c1. The molecule has 8 nitrogen and oxygen atoms in total. The fraction of sp³-hybridized carbons (Fsp3) is 0.458. The number of halogens is 3. The van der Waals surface area contributed by atoms with E-state index >= 15 is 0 Å². The van der Waals surface area contributed by atoms with Gasteiger partial charge in [0.15, 0.2) is 0 Å². The first kappa shape index (κ1) is 25.1. The number of hydrogen-bond donors (Lipinski definition) is 1. The van der Waals surface area contributed by atoms with Crippen LogP contribution in [-0.2, 0) is 52.4 Å². The Morgan fingerprint density at radius 2 is 2.03 bits per heavy atom. The molecule has 0 unspecified atom stereocenters. The van der Waals surface area contributed by atoms with E-state index in [1.54, 1.807) is 6.33 Å². The van der Waals surface area contributed by atoms with Gasteiger partial charge >= 0.3 is 6.18 Å². The van der Waals surface area contributed by atoms with Crippen LogP contribution in [0.3, 0.4) is 0 Å². The minimum Gasteiger partial charge on any atom is -0.382 e. The van der Waals surface area contributed by atoms with Crippen molar-refractivity contribution < 1.29 is 27.4 Å². The van der Waals surface area contributed by atoms with Crippen molar-refractivity contribution in [2.24, 2.45) is 7.05 Å². The van der Waals surface area contributed by atoms with Gasteiger partial charge < -0.3 is 24.1 Å². The maximum atomic E-state index is 13.7. The van der Waals surface area contributed by atoms with Crippen molar-refractivity contribution >= 4 is 5.69 Å². The van der Waals surface area contributed by atoms with Crippen LogP contribution >= 0.6 is 0 Å². The number of benzene rings is 1. The summed E-state index contributed by atoms with van der Waals surface area (Å²) in [6.07, 6.45) is -0.807. The lowest BCUT2D eigenvalue weighted by Gasteiger charge is -2.41. The van der Waals surface area contributed by atoms with Gasteiger partial charge in [-0.05, 0) is 29.3 Å². The molecular weight excluding hydrogens is 463 g/mol. The molecule has 3 aromatic rings. The van der Waals surface area contributed by atoms with E-state index in [9.17, 15) is 13.2 Å². The average Bonchev–Trinajstić information content (AvgIpc) is 3.22. The molecule has 1 aliphatic heterocycles. The van der Waals surface area contributed by atoms with Gasteiger partial charge in [-0.3, -0.25) is 4.98 Å². The van der Waals surface area contributed by atoms with E-state index in [0.29, 0.717) is 44.1 Å². The fourth-order valence-corrected chi connectivity index (χ4v) is 3.97. The normalized spacial score (nSPS) is 15.1. The largest absolute Gasteiger partial charge is 0.418 e. The molecule has 0 radical (unpaired) electrons. The third-order valence-electron chi connectivity index (χ3n) is 6.03. The molecule has 1 N–H and O–H groups in total. The predicted molar refractivity (Wildman–Crippen MR) is 122 cm³/mol. The number of nitrogens with one attached hydrogen (secondary N) is 1. The van der Waals surface area contributed by atoms with Crippen LogP contribution in [0.5, 0.6) is 0 Å². The number of methoxy groups -OCH3 is 1. The summed E-state index contributed by atoms with van der Waals surface area (Å²) in [6.45, 7) is 1.70. The van der Waals surface area contributed by atoms with Crippen molar-refractivity contribution in [2.45, 2.75) is 31.2 Å². The Morgan fingerprint density at radius 3 is 2.69 bits per heavy atom. The number of hydrogen-bond acceptors (Lipinski definition) is 7. The smallest absolute Gasteiger partial charge is 0.382 e. The highest BCUT2D eigenvalue weighted by Crippen LogP contribution is 2.37. The highest BCUT2D eigenvalue weighted by atomic mass is 19.4. The molecule has 1 aliphatic rings. The van der Waals surface area contributed by atoms with Gasteiger partial charge in [0.1, 0.15) is 12.2 Å². The summed E-state index contributed by atoms with van der Waals surface area (Å²) in [5.41, 5.74) is 0.982. The molecule has 4 rings (SSSR count). The van der Waals surface area contributed by atoms with Crippen LogP contribution in [-0.4, -0.2) is 53.3 Å². The quantitative estimate of drug-likeness (QED) is 0.411. The molecule has 11 heteroatoms. The maximum absolute atomic E-state index is 13.7. The van der Waals surface area contributed by atoms with Crippen LogP contribution in [0.15, 0.2) is 42.9 Å². The monoisotopic (exact) mass is 491 g/mol. The molecule has 1 aromatic carbocycles. The Hall–Kier alpha value is -3.02. The van der Waals surface area contributed by atoms with Gasteiger partial charge in [-0.2, -0.15) is 13.2 Å². The van der Waals surface area contributed by atoms with Crippen LogP contribution in [0.25, 0.3) is 0 Å². The first-order valence-corrected chi connectivity index (χ1v) is 11.2. The molecule has 0 amide bonds. The third-order valence-corrected chi connectivity index (χ3v) is 6.03. The number of aryl methyl sites for hydroxylation is 1. The van der Waals surface area contributed by atoms with E-state index < -0.39 is 11.7 Å². The summed E-state index contributed by atoms with van der Waals surface area (Å²) in [6, 6.07) is 8.75. The topological polar surface area (TPSA) is 83.3 Å². The van der Waals surface area contributed by atoms with Crippen LogP contribution < -0.4 is 5.32 Å². The van der Waals surface area contributed by atoms with Crippen molar-refractivity contribution in [3.05, 3.63) is 71.1 Å². The zero-order chi connectivity index (χ0) is 24.9. The first-order valence-electron chi connectivity index (χ1n) is 11.2. The summed E-state index contributed by atoms with van der Waals surface area (Å²) >= 11 is 0. The lowest BCUT2D eigenvalue weighted by molar-refractivity contribution is -0.138. The van der Waals surface area contributed by atoms with Crippen molar-refractivity contribution in [3.8, 4) is 0 Å². The molecule has 0 aliphatic carbocycles. The summed E-state index contributed by atoms with van der Waals surface area (Å²) in [5, 5.41) is 11.2. The number of pyridine rings is 1. The number of rotatable bonds is 11. The zero-order valence-electron chi connectivity index (χ0n) is 19.6. The highest BCUT2D eigenvalue weighted by molar-refractivity contribution is 5.49. The average molecular weight is 492 g/mol. The van der Waals surface area contributed by atoms with Gasteiger partial charge in [0, 0.05) is 37.9 Å². The number of anilines is 1. The van der Waals surface area contributed by atoms with E-state index in [4.69, 9.17) is 14.2 Å². The number of nitrogens with zero attached hydrogens (tertiary/aromatic N) is 4. The highest BCUT2D eigenvalue weighted by Gasteiger charge is 2.42. The minimum absolute atomic E-state index is 0.0326. The van der Waals surface area contributed by atoms with Crippen molar-refractivity contribution in [2.75, 3.05) is 38.9 Å². The molecule has 1 fully saturated rings. The standard InChI is InChI=1S/C24H28F3N5O3/c1-32-16-30-31-22(32)10-23(14-35-15-23)18-4-3-5-19(9-18)28-12-21-20(24(25,26)27)8-17(11-29-21)13-34-7-6-33-2/h3-5,8-9,11,16,28H,6-7,10,12-15H2,1-2H3. The second-order valence-corrected chi connectivity index (χ2v) is 8.62. The molecular formula is C24H28F3N5O3. The van der Waals surface area contributed by atoms with Crippen molar-refractivity contribution in [3.63, 3.8) is 0 Å². The molecule has 188 valence electrons. The molecule has 1 saturated heterocycles. The lowest BCUT2D eigenvalue weighted by atomic mass is 9.75. The molecule has 2 aromatic heterocycles. The predicted octanol–water partition coefficient (Wildman–Crippen LogP) is 3.51. The second kappa shape index (κ2) is 10.7. The molecule has 3 heterocycles. The zero-order valence-corrected chi connectivity index (χ0v) is 19.6. The van der Waals surface area contributed by atoms with E-state index in [-0.39, 0.29) is 24.3 Å². The van der Waals surface area contributed by atoms with Crippen LogP contribution in [0, 0.1) is 0 Å². The van der Waals surface area contributed by atoms with Gasteiger partial charge in [0.2, 0.25) is 0 Å². The third kappa shape index (κ3) is 5.98. The molecule has 0 saturated carbocycles. The van der Waals surface area contributed by atoms with E-state index in [1.807, 2.05) is 35.9 Å². The number of ether oxygens (including phenoxy) is 3. The molecule has 35 heavy (non-hydrogen) atoms. The second-order valence-electron chi connectivity index (χ2n) is 8.62. The van der Waals surface area contributed by atoms with Crippen LogP contribution in [0.2, 0.25) is 0 Å². The fourth-order valence-electron chi connectivity index (χ4n) is 3.97. The van der Waals surface area contributed by atoms with E-state index in [1.165, 1.54) is 13.3 Å². The number of alkyl halides is 3. The Labute approximate surface area is 201 Å². The van der Waals surface area contributed by atoms with Crippen molar-refractivity contribution in [1.29, 1.82) is 0 Å². The van der Waals surface area contributed by atoms with Gasteiger partial charge in [-0.15, -0.1) is 10.2 Å². The van der Waals surface area contributed by atoms with Gasteiger partial charge in [-0.25, -0.2) is 0 Å². The maximum Gasteiger partial charge on any atom is 0.418 e. The van der Waals surface area contributed by atoms with Crippen molar-refractivity contribution in [1.82, 2.24) is 19.7 Å². The summed E-state index contributed by atoms with van der Waals surface area (Å²) < 4.78 is 58.8. The van der Waals surface area contributed by atoms with Gasteiger partial charge in [0.25, 0.3) is 0 Å². The van der Waals surface area contributed by atoms with Crippen LogP contribution in [0.4, 0.5) is 18.9 Å². The first-order chi connectivity index (χ1) is 16.8. The van der Waals surface area contributed by atoms with E-state index in [0.717, 1.165) is 17.5 Å². The molecule has 0 bridgehead atoms. The Bertz CT molecular complexity index is 1130. The Morgan fingerprint density at radius 1 is 1.20 bits per heavy atom.